The van der Waals surface area contributed by atoms with Crippen LogP contribution in [0.2, 0.25) is 0 Å². The summed E-state index contributed by atoms with van der Waals surface area (Å²) in [6.07, 6.45) is 4.77. The van der Waals surface area contributed by atoms with Gasteiger partial charge in [0.1, 0.15) is 5.76 Å². The van der Waals surface area contributed by atoms with Crippen LogP contribution in [0.3, 0.4) is 0 Å². The molecule has 2 unspecified atom stereocenters. The van der Waals surface area contributed by atoms with E-state index in [0.717, 1.165) is 56.8 Å². The molecule has 0 aromatic carbocycles. The fraction of sp³-hybridized carbons (Fsp3) is 0.688. The topological polar surface area (TPSA) is 58.8 Å². The molecule has 1 fully saturated rings. The van der Waals surface area contributed by atoms with Crippen LogP contribution in [0.15, 0.2) is 27.8 Å². The Hall–Kier alpha value is -1.49. The molecule has 1 saturated carbocycles. The highest BCUT2D eigenvalue weighted by molar-refractivity contribution is 5.80. The van der Waals surface area contributed by atoms with Crippen molar-refractivity contribution in [2.24, 2.45) is 10.9 Å². The summed E-state index contributed by atoms with van der Waals surface area (Å²) in [7, 11) is 0. The largest absolute Gasteiger partial charge is 0.469 e. The SMILES string of the molecule is CCOCCCN=C(NCCc1ccco1)NC1CC1C. The van der Waals surface area contributed by atoms with Crippen molar-refractivity contribution in [3.8, 4) is 0 Å². The molecule has 5 heteroatoms. The highest BCUT2D eigenvalue weighted by atomic mass is 16.5. The smallest absolute Gasteiger partial charge is 0.191 e. The lowest BCUT2D eigenvalue weighted by atomic mass is 10.3. The van der Waals surface area contributed by atoms with Crippen molar-refractivity contribution >= 4 is 5.96 Å². The Morgan fingerprint density at radius 3 is 3.05 bits per heavy atom. The highest BCUT2D eigenvalue weighted by Gasteiger charge is 2.33. The maximum Gasteiger partial charge on any atom is 0.191 e. The third kappa shape index (κ3) is 6.21. The Kier molecular flexibility index (Phi) is 6.60. The first-order valence-corrected chi connectivity index (χ1v) is 7.94. The Labute approximate surface area is 127 Å². The van der Waals surface area contributed by atoms with Crippen LogP contribution >= 0.6 is 0 Å². The van der Waals surface area contributed by atoms with Gasteiger partial charge in [0.15, 0.2) is 5.96 Å². The summed E-state index contributed by atoms with van der Waals surface area (Å²) in [5.74, 6) is 2.66. The second kappa shape index (κ2) is 8.72. The van der Waals surface area contributed by atoms with Crippen molar-refractivity contribution in [1.82, 2.24) is 10.6 Å². The van der Waals surface area contributed by atoms with Gasteiger partial charge in [-0.1, -0.05) is 6.92 Å². The quantitative estimate of drug-likeness (QED) is 0.416. The number of nitrogens with zero attached hydrogens (tertiary/aromatic N) is 1. The first-order valence-electron chi connectivity index (χ1n) is 7.94. The fourth-order valence-corrected chi connectivity index (χ4v) is 2.11. The number of aliphatic imine (C=N–C) groups is 1. The molecule has 1 aliphatic carbocycles. The van der Waals surface area contributed by atoms with Crippen LogP contribution in [0.1, 0.15) is 32.4 Å². The predicted octanol–water partition coefficient (Wildman–Crippen LogP) is 2.19. The van der Waals surface area contributed by atoms with Gasteiger partial charge >= 0.3 is 0 Å². The predicted molar refractivity (Wildman–Crippen MR) is 84.5 cm³/mol. The molecule has 5 nitrogen and oxygen atoms in total. The Morgan fingerprint density at radius 1 is 1.52 bits per heavy atom. The second-order valence-electron chi connectivity index (χ2n) is 5.50. The van der Waals surface area contributed by atoms with Crippen LogP contribution in [0, 0.1) is 5.92 Å². The third-order valence-electron chi connectivity index (χ3n) is 3.60. The molecule has 1 aliphatic rings. The van der Waals surface area contributed by atoms with Crippen LogP contribution in [-0.2, 0) is 11.2 Å². The summed E-state index contributed by atoms with van der Waals surface area (Å²) in [6, 6.07) is 4.49. The van der Waals surface area contributed by atoms with Gasteiger partial charge in [-0.05, 0) is 37.8 Å². The number of furan rings is 1. The standard InChI is InChI=1S/C16H27N3O2/c1-3-20-10-5-8-17-16(19-15-12-13(15)2)18-9-7-14-6-4-11-21-14/h4,6,11,13,15H,3,5,7-10,12H2,1-2H3,(H2,17,18,19). The van der Waals surface area contributed by atoms with E-state index in [0.29, 0.717) is 6.04 Å². The minimum absolute atomic E-state index is 0.576. The van der Waals surface area contributed by atoms with Gasteiger partial charge < -0.3 is 19.8 Å². The number of nitrogens with one attached hydrogen (secondary N) is 2. The molecule has 2 rings (SSSR count). The molecule has 118 valence electrons. The summed E-state index contributed by atoms with van der Waals surface area (Å²) >= 11 is 0. The summed E-state index contributed by atoms with van der Waals surface area (Å²) in [4.78, 5) is 4.61. The van der Waals surface area contributed by atoms with Gasteiger partial charge in [-0.15, -0.1) is 0 Å². The van der Waals surface area contributed by atoms with Crippen molar-refractivity contribution in [3.05, 3.63) is 24.2 Å². The molecule has 2 N–H and O–H groups in total. The minimum Gasteiger partial charge on any atom is -0.469 e. The summed E-state index contributed by atoms with van der Waals surface area (Å²) in [6.45, 7) is 7.44. The zero-order chi connectivity index (χ0) is 14.9. The molecule has 0 aliphatic heterocycles. The van der Waals surface area contributed by atoms with E-state index in [4.69, 9.17) is 9.15 Å². The third-order valence-corrected chi connectivity index (χ3v) is 3.60. The molecular formula is C16H27N3O2. The van der Waals surface area contributed by atoms with Crippen molar-refractivity contribution in [1.29, 1.82) is 0 Å². The van der Waals surface area contributed by atoms with Gasteiger partial charge in [0.05, 0.1) is 6.26 Å². The summed E-state index contributed by atoms with van der Waals surface area (Å²) in [5, 5.41) is 6.86. The van der Waals surface area contributed by atoms with E-state index < -0.39 is 0 Å². The van der Waals surface area contributed by atoms with Gasteiger partial charge in [-0.25, -0.2) is 0 Å². The number of hydrogen-bond acceptors (Lipinski definition) is 3. The average molecular weight is 293 g/mol. The lowest BCUT2D eigenvalue weighted by Gasteiger charge is -2.12. The Morgan fingerprint density at radius 2 is 2.38 bits per heavy atom. The molecule has 0 radical (unpaired) electrons. The van der Waals surface area contributed by atoms with Crippen LogP contribution in [-0.4, -0.2) is 38.3 Å². The number of hydrogen-bond donors (Lipinski definition) is 2. The van der Waals surface area contributed by atoms with E-state index in [2.05, 4.69) is 22.5 Å². The van der Waals surface area contributed by atoms with E-state index in [1.54, 1.807) is 6.26 Å². The number of ether oxygens (including phenoxy) is 1. The van der Waals surface area contributed by atoms with Crippen LogP contribution < -0.4 is 10.6 Å². The van der Waals surface area contributed by atoms with Gasteiger partial charge in [0, 0.05) is 38.8 Å². The molecule has 2 atom stereocenters. The average Bonchev–Trinajstić information content (AvgIpc) is 2.95. The lowest BCUT2D eigenvalue weighted by Crippen LogP contribution is -2.40. The molecule has 1 aromatic rings. The fourth-order valence-electron chi connectivity index (χ4n) is 2.11. The first-order chi connectivity index (χ1) is 10.3. The Bertz CT molecular complexity index is 417. The maximum absolute atomic E-state index is 5.33. The van der Waals surface area contributed by atoms with Crippen molar-refractivity contribution < 1.29 is 9.15 Å². The van der Waals surface area contributed by atoms with E-state index in [1.165, 1.54) is 6.42 Å². The molecule has 21 heavy (non-hydrogen) atoms. The summed E-state index contributed by atoms with van der Waals surface area (Å²) in [5.41, 5.74) is 0. The minimum atomic E-state index is 0.576. The van der Waals surface area contributed by atoms with E-state index >= 15 is 0 Å². The summed E-state index contributed by atoms with van der Waals surface area (Å²) < 4.78 is 10.7. The van der Waals surface area contributed by atoms with E-state index in [1.807, 2.05) is 19.1 Å². The van der Waals surface area contributed by atoms with E-state index in [9.17, 15) is 0 Å². The van der Waals surface area contributed by atoms with Gasteiger partial charge in [0.2, 0.25) is 0 Å². The second-order valence-corrected chi connectivity index (χ2v) is 5.50. The molecule has 0 bridgehead atoms. The van der Waals surface area contributed by atoms with Crippen molar-refractivity contribution in [2.75, 3.05) is 26.3 Å². The van der Waals surface area contributed by atoms with E-state index in [-0.39, 0.29) is 0 Å². The lowest BCUT2D eigenvalue weighted by molar-refractivity contribution is 0.146. The van der Waals surface area contributed by atoms with Crippen molar-refractivity contribution in [2.45, 2.75) is 39.2 Å². The molecule has 0 spiro atoms. The molecular weight excluding hydrogens is 266 g/mol. The molecule has 0 amide bonds. The van der Waals surface area contributed by atoms with Crippen LogP contribution in [0.5, 0.6) is 0 Å². The number of guanidine groups is 1. The molecule has 0 saturated heterocycles. The first kappa shape index (κ1) is 15.9. The zero-order valence-corrected chi connectivity index (χ0v) is 13.1. The van der Waals surface area contributed by atoms with Gasteiger partial charge in [0.25, 0.3) is 0 Å². The van der Waals surface area contributed by atoms with Gasteiger partial charge in [-0.2, -0.15) is 0 Å². The van der Waals surface area contributed by atoms with Crippen LogP contribution in [0.4, 0.5) is 0 Å². The maximum atomic E-state index is 5.33. The van der Waals surface area contributed by atoms with Crippen LogP contribution in [0.25, 0.3) is 0 Å². The molecule has 1 aromatic heterocycles. The highest BCUT2D eigenvalue weighted by Crippen LogP contribution is 2.28. The monoisotopic (exact) mass is 293 g/mol. The Balaban J connectivity index is 1.70. The van der Waals surface area contributed by atoms with Gasteiger partial charge in [-0.3, -0.25) is 4.99 Å². The normalized spacial score (nSPS) is 21.3. The van der Waals surface area contributed by atoms with Crippen molar-refractivity contribution in [3.63, 3.8) is 0 Å². The zero-order valence-electron chi connectivity index (χ0n) is 13.1. The number of rotatable bonds is 9. The molecule has 1 heterocycles.